The Balaban J connectivity index is 1.70. The molecule has 0 spiro atoms. The fraction of sp³-hybridized carbons (Fsp3) is 0.222. The van der Waals surface area contributed by atoms with Gasteiger partial charge < -0.3 is 20.1 Å². The van der Waals surface area contributed by atoms with Crippen molar-refractivity contribution in [3.8, 4) is 17.2 Å². The molecule has 0 aliphatic rings. The third-order valence-electron chi connectivity index (χ3n) is 3.10. The van der Waals surface area contributed by atoms with E-state index in [4.69, 9.17) is 9.47 Å². The molecular weight excluding hydrogens is 365 g/mol. The Kier molecular flexibility index (Phi) is 7.04. The van der Waals surface area contributed by atoms with Gasteiger partial charge in [-0.05, 0) is 36.4 Å². The number of ether oxygens (including phenoxy) is 2. The van der Waals surface area contributed by atoms with Crippen LogP contribution in [0, 0.1) is 0 Å². The lowest BCUT2D eigenvalue weighted by molar-refractivity contribution is -0.138. The average molecular weight is 382 g/mol. The Morgan fingerprint density at radius 2 is 1.41 bits per heavy atom. The van der Waals surface area contributed by atoms with Gasteiger partial charge in [0.15, 0.2) is 6.61 Å². The van der Waals surface area contributed by atoms with Crippen molar-refractivity contribution in [2.24, 2.45) is 0 Å². The summed E-state index contributed by atoms with van der Waals surface area (Å²) in [6, 6.07) is 15.7. The maximum absolute atomic E-state index is 11.9. The number of halogens is 3. The van der Waals surface area contributed by atoms with Crippen LogP contribution >= 0.6 is 0 Å². The lowest BCUT2D eigenvalue weighted by atomic mass is 10.3. The van der Waals surface area contributed by atoms with Gasteiger partial charge in [0.1, 0.15) is 23.8 Å². The van der Waals surface area contributed by atoms with Gasteiger partial charge >= 0.3 is 6.18 Å². The third-order valence-corrected chi connectivity index (χ3v) is 3.10. The molecule has 0 aliphatic heterocycles. The number of amides is 2. The minimum Gasteiger partial charge on any atom is -0.484 e. The van der Waals surface area contributed by atoms with E-state index >= 15 is 0 Å². The van der Waals surface area contributed by atoms with E-state index in [1.807, 2.05) is 18.2 Å². The van der Waals surface area contributed by atoms with Gasteiger partial charge in [0.2, 0.25) is 5.91 Å². The molecule has 144 valence electrons. The van der Waals surface area contributed by atoms with Crippen molar-refractivity contribution in [1.82, 2.24) is 10.6 Å². The Morgan fingerprint density at radius 3 is 2.04 bits per heavy atom. The molecule has 0 unspecified atom stereocenters. The van der Waals surface area contributed by atoms with Gasteiger partial charge in [0, 0.05) is 0 Å². The molecule has 0 aliphatic carbocycles. The molecule has 6 nitrogen and oxygen atoms in total. The van der Waals surface area contributed by atoms with Crippen LogP contribution in [0.5, 0.6) is 17.2 Å². The molecule has 0 fully saturated rings. The first-order chi connectivity index (χ1) is 12.8. The van der Waals surface area contributed by atoms with Crippen LogP contribution in [0.4, 0.5) is 13.2 Å². The molecule has 0 saturated carbocycles. The van der Waals surface area contributed by atoms with Crippen molar-refractivity contribution in [3.05, 3.63) is 54.6 Å². The van der Waals surface area contributed by atoms with Crippen molar-refractivity contribution < 1.29 is 32.2 Å². The predicted molar refractivity (Wildman–Crippen MR) is 90.5 cm³/mol. The molecule has 0 aromatic heterocycles. The number of hydrogen-bond donors (Lipinski definition) is 2. The molecule has 9 heteroatoms. The van der Waals surface area contributed by atoms with Crippen molar-refractivity contribution in [1.29, 1.82) is 0 Å². The highest BCUT2D eigenvalue weighted by Gasteiger charge is 2.27. The van der Waals surface area contributed by atoms with Gasteiger partial charge in [0.05, 0.1) is 6.54 Å². The Morgan fingerprint density at radius 1 is 0.815 bits per heavy atom. The summed E-state index contributed by atoms with van der Waals surface area (Å²) < 4.78 is 46.7. The largest absolute Gasteiger partial charge is 0.484 e. The highest BCUT2D eigenvalue weighted by atomic mass is 19.4. The number of rotatable bonds is 8. The topological polar surface area (TPSA) is 76.7 Å². The molecule has 2 rings (SSSR count). The van der Waals surface area contributed by atoms with Crippen LogP contribution in [-0.2, 0) is 9.59 Å². The molecule has 2 amide bonds. The van der Waals surface area contributed by atoms with E-state index < -0.39 is 31.1 Å². The molecule has 27 heavy (non-hydrogen) atoms. The highest BCUT2D eigenvalue weighted by molar-refractivity contribution is 5.85. The maximum Gasteiger partial charge on any atom is 0.405 e. The lowest BCUT2D eigenvalue weighted by Gasteiger charge is -2.10. The number of nitrogens with one attached hydrogen (secondary N) is 2. The highest BCUT2D eigenvalue weighted by Crippen LogP contribution is 2.23. The molecule has 2 aromatic rings. The summed E-state index contributed by atoms with van der Waals surface area (Å²) in [5, 5.41) is 3.81. The quantitative estimate of drug-likeness (QED) is 0.736. The van der Waals surface area contributed by atoms with Gasteiger partial charge in [-0.2, -0.15) is 13.2 Å². The van der Waals surface area contributed by atoms with E-state index in [2.05, 4.69) is 5.32 Å². The van der Waals surface area contributed by atoms with E-state index in [-0.39, 0.29) is 6.61 Å². The molecule has 0 heterocycles. The van der Waals surface area contributed by atoms with Gasteiger partial charge in [-0.15, -0.1) is 0 Å². The molecule has 0 saturated heterocycles. The summed E-state index contributed by atoms with van der Waals surface area (Å²) in [6.07, 6.45) is -4.50. The van der Waals surface area contributed by atoms with Crippen molar-refractivity contribution in [2.45, 2.75) is 6.18 Å². The second-order valence-electron chi connectivity index (χ2n) is 5.34. The minimum atomic E-state index is -4.50. The summed E-state index contributed by atoms with van der Waals surface area (Å²) in [5.74, 6) is 0.0747. The second kappa shape index (κ2) is 9.46. The molecule has 0 atom stereocenters. The normalized spacial score (nSPS) is 10.8. The van der Waals surface area contributed by atoms with Crippen LogP contribution in [-0.4, -0.2) is 37.7 Å². The van der Waals surface area contributed by atoms with Gasteiger partial charge in [-0.25, -0.2) is 0 Å². The van der Waals surface area contributed by atoms with Crippen LogP contribution in [0.1, 0.15) is 0 Å². The van der Waals surface area contributed by atoms with Crippen LogP contribution in [0.15, 0.2) is 54.6 Å². The lowest BCUT2D eigenvalue weighted by Crippen LogP contribution is -2.42. The first-order valence-electron chi connectivity index (χ1n) is 7.88. The summed E-state index contributed by atoms with van der Waals surface area (Å²) in [5.41, 5.74) is 0. The summed E-state index contributed by atoms with van der Waals surface area (Å²) in [4.78, 5) is 22.7. The number of carbonyl (C=O) groups is 2. The number of benzene rings is 2. The number of carbonyl (C=O) groups excluding carboxylic acids is 2. The molecular formula is C18H17F3N2O4. The fourth-order valence-electron chi connectivity index (χ4n) is 1.87. The fourth-order valence-corrected chi connectivity index (χ4v) is 1.87. The van der Waals surface area contributed by atoms with Crippen LogP contribution in [0.3, 0.4) is 0 Å². The monoisotopic (exact) mass is 382 g/mol. The zero-order valence-electron chi connectivity index (χ0n) is 14.1. The van der Waals surface area contributed by atoms with Crippen LogP contribution < -0.4 is 20.1 Å². The molecule has 2 N–H and O–H groups in total. The third kappa shape index (κ3) is 8.13. The summed E-state index contributed by atoms with van der Waals surface area (Å²) in [6.45, 7) is -2.40. The Labute approximate surface area is 153 Å². The number of para-hydroxylation sites is 1. The van der Waals surface area contributed by atoms with Crippen LogP contribution in [0.25, 0.3) is 0 Å². The number of alkyl halides is 3. The average Bonchev–Trinajstić information content (AvgIpc) is 2.64. The molecule has 2 aromatic carbocycles. The minimum absolute atomic E-state index is 0.383. The SMILES string of the molecule is O=C(CNC(=O)COc1ccc(Oc2ccccc2)cc1)NCC(F)(F)F. The summed E-state index contributed by atoms with van der Waals surface area (Å²) >= 11 is 0. The predicted octanol–water partition coefficient (Wildman–Crippen LogP) is 2.65. The second-order valence-corrected chi connectivity index (χ2v) is 5.34. The smallest absolute Gasteiger partial charge is 0.405 e. The van der Waals surface area contributed by atoms with E-state index in [0.717, 1.165) is 0 Å². The summed E-state index contributed by atoms with van der Waals surface area (Å²) in [7, 11) is 0. The Bertz CT molecular complexity index is 749. The zero-order valence-corrected chi connectivity index (χ0v) is 14.1. The first-order valence-corrected chi connectivity index (χ1v) is 7.88. The standard InChI is InChI=1S/C18H17F3N2O4/c19-18(20,21)12-23-16(24)10-22-17(25)11-26-13-6-8-15(9-7-13)27-14-4-2-1-3-5-14/h1-9H,10-12H2,(H,22,25)(H,23,24). The Hall–Kier alpha value is -3.23. The van der Waals surface area contributed by atoms with Gasteiger partial charge in [-0.3, -0.25) is 9.59 Å². The van der Waals surface area contributed by atoms with Gasteiger partial charge in [-0.1, -0.05) is 18.2 Å². The van der Waals surface area contributed by atoms with E-state index in [1.54, 1.807) is 41.7 Å². The van der Waals surface area contributed by atoms with Crippen LogP contribution in [0.2, 0.25) is 0 Å². The van der Waals surface area contributed by atoms with Crippen molar-refractivity contribution in [3.63, 3.8) is 0 Å². The maximum atomic E-state index is 11.9. The van der Waals surface area contributed by atoms with Crippen molar-refractivity contribution >= 4 is 11.8 Å². The van der Waals surface area contributed by atoms with Gasteiger partial charge in [0.25, 0.3) is 5.91 Å². The number of hydrogen-bond acceptors (Lipinski definition) is 4. The van der Waals surface area contributed by atoms with E-state index in [0.29, 0.717) is 17.2 Å². The van der Waals surface area contributed by atoms with Crippen molar-refractivity contribution in [2.75, 3.05) is 19.7 Å². The van der Waals surface area contributed by atoms with E-state index in [9.17, 15) is 22.8 Å². The first kappa shape index (κ1) is 20.1. The molecule has 0 bridgehead atoms. The zero-order chi connectivity index (χ0) is 19.7. The van der Waals surface area contributed by atoms with E-state index in [1.165, 1.54) is 0 Å². The molecule has 0 radical (unpaired) electrons.